The van der Waals surface area contributed by atoms with Crippen LogP contribution in [0.4, 0.5) is 5.69 Å². The maximum atomic E-state index is 11.7. The summed E-state index contributed by atoms with van der Waals surface area (Å²) in [5.74, 6) is -0.109. The monoisotopic (exact) mass is 453 g/mol. The molecule has 34 heavy (non-hydrogen) atoms. The maximum absolute atomic E-state index is 11.7. The molecular formula is C26H27N7O. The maximum Gasteiger partial charge on any atom is 0.221 e. The number of imidazole rings is 1. The van der Waals surface area contributed by atoms with E-state index in [-0.39, 0.29) is 5.91 Å². The van der Waals surface area contributed by atoms with Crippen LogP contribution in [0.15, 0.2) is 79.6 Å². The molecule has 2 aromatic carbocycles. The smallest absolute Gasteiger partial charge is 0.221 e. The highest BCUT2D eigenvalue weighted by atomic mass is 16.1. The molecule has 172 valence electrons. The highest BCUT2D eigenvalue weighted by Crippen LogP contribution is 2.28. The molecule has 0 radical (unpaired) electrons. The molecule has 1 amide bonds. The van der Waals surface area contributed by atoms with E-state index in [1.54, 1.807) is 0 Å². The molecular weight excluding hydrogens is 426 g/mol. The van der Waals surface area contributed by atoms with Crippen LogP contribution in [-0.2, 0) is 11.3 Å². The summed E-state index contributed by atoms with van der Waals surface area (Å²) in [4.78, 5) is 18.5. The average Bonchev–Trinajstić information content (AvgIpc) is 3.57. The summed E-state index contributed by atoms with van der Waals surface area (Å²) >= 11 is 0. The fourth-order valence-electron chi connectivity index (χ4n) is 4.00. The second kappa shape index (κ2) is 8.99. The second-order valence-electron chi connectivity index (χ2n) is 8.62. The molecule has 0 bridgehead atoms. The number of carbonyl (C=O) groups is 1. The van der Waals surface area contributed by atoms with Crippen LogP contribution in [0.1, 0.15) is 6.92 Å². The largest absolute Gasteiger partial charge is 0.326 e. The molecule has 8 nitrogen and oxygen atoms in total. The van der Waals surface area contributed by atoms with Gasteiger partial charge in [0.25, 0.3) is 0 Å². The van der Waals surface area contributed by atoms with Gasteiger partial charge in [-0.05, 0) is 62.1 Å². The summed E-state index contributed by atoms with van der Waals surface area (Å²) in [5.41, 5.74) is 6.63. The lowest BCUT2D eigenvalue weighted by molar-refractivity contribution is -0.114. The van der Waals surface area contributed by atoms with Gasteiger partial charge in [-0.3, -0.25) is 14.0 Å². The van der Waals surface area contributed by atoms with Gasteiger partial charge in [-0.25, -0.2) is 4.98 Å². The zero-order chi connectivity index (χ0) is 23.7. The highest BCUT2D eigenvalue weighted by Gasteiger charge is 2.11. The molecule has 0 aliphatic heterocycles. The van der Waals surface area contributed by atoms with Crippen molar-refractivity contribution in [1.82, 2.24) is 28.8 Å². The Labute approximate surface area is 198 Å². The first kappa shape index (κ1) is 21.7. The predicted octanol–water partition coefficient (Wildman–Crippen LogP) is 4.20. The van der Waals surface area contributed by atoms with Crippen molar-refractivity contribution in [3.63, 3.8) is 0 Å². The number of rotatable bonds is 7. The van der Waals surface area contributed by atoms with Gasteiger partial charge in [0.05, 0.1) is 29.5 Å². The van der Waals surface area contributed by atoms with Gasteiger partial charge in [-0.15, -0.1) is 0 Å². The number of carbonyl (C=O) groups excluding carboxylic acids is 1. The van der Waals surface area contributed by atoms with E-state index in [0.29, 0.717) is 0 Å². The summed E-state index contributed by atoms with van der Waals surface area (Å²) in [6, 6.07) is 16.2. The van der Waals surface area contributed by atoms with Gasteiger partial charge >= 0.3 is 0 Å². The first-order valence-corrected chi connectivity index (χ1v) is 11.2. The summed E-state index contributed by atoms with van der Waals surface area (Å²) in [7, 11) is 4.12. The van der Waals surface area contributed by atoms with Crippen LogP contribution in [0, 0.1) is 0 Å². The van der Waals surface area contributed by atoms with E-state index in [1.165, 1.54) is 6.92 Å². The van der Waals surface area contributed by atoms with Gasteiger partial charge < -0.3 is 14.8 Å². The van der Waals surface area contributed by atoms with E-state index < -0.39 is 0 Å². The molecule has 0 saturated heterocycles. The third-order valence-electron chi connectivity index (χ3n) is 5.69. The van der Waals surface area contributed by atoms with Crippen molar-refractivity contribution < 1.29 is 4.79 Å². The van der Waals surface area contributed by atoms with E-state index in [0.717, 1.165) is 52.3 Å². The Bertz CT molecular complexity index is 1440. The SMILES string of the molecule is CC(=O)Nc1cc(-n2cccc2)cc(-n2cnc3cc(-c4cnn(CCN(C)C)c4)ccc32)c1. The summed E-state index contributed by atoms with van der Waals surface area (Å²) < 4.78 is 6.02. The molecule has 3 heterocycles. The van der Waals surface area contributed by atoms with Crippen molar-refractivity contribution >= 4 is 22.6 Å². The first-order chi connectivity index (χ1) is 16.5. The van der Waals surface area contributed by atoms with Crippen molar-refractivity contribution in [3.8, 4) is 22.5 Å². The van der Waals surface area contributed by atoms with Crippen molar-refractivity contribution in [2.24, 2.45) is 0 Å². The molecule has 0 fully saturated rings. The van der Waals surface area contributed by atoms with Crippen molar-refractivity contribution in [3.05, 3.63) is 79.6 Å². The Morgan fingerprint density at radius 2 is 1.82 bits per heavy atom. The highest BCUT2D eigenvalue weighted by molar-refractivity contribution is 5.90. The minimum Gasteiger partial charge on any atom is -0.326 e. The van der Waals surface area contributed by atoms with Crippen LogP contribution >= 0.6 is 0 Å². The number of anilines is 1. The van der Waals surface area contributed by atoms with Crippen molar-refractivity contribution in [2.75, 3.05) is 26.0 Å². The number of hydrogen-bond donors (Lipinski definition) is 1. The minimum atomic E-state index is -0.109. The van der Waals surface area contributed by atoms with Gasteiger partial charge in [0, 0.05) is 49.0 Å². The number of fused-ring (bicyclic) bond motifs is 1. The molecule has 5 rings (SSSR count). The number of benzene rings is 2. The lowest BCUT2D eigenvalue weighted by Gasteiger charge is -2.12. The number of nitrogens with zero attached hydrogens (tertiary/aromatic N) is 6. The normalized spacial score (nSPS) is 11.4. The molecule has 0 atom stereocenters. The fourth-order valence-corrected chi connectivity index (χ4v) is 4.00. The van der Waals surface area contributed by atoms with E-state index >= 15 is 0 Å². The van der Waals surface area contributed by atoms with Gasteiger partial charge in [-0.1, -0.05) is 6.07 Å². The number of aromatic nitrogens is 5. The van der Waals surface area contributed by atoms with E-state index in [2.05, 4.69) is 64.9 Å². The zero-order valence-electron chi connectivity index (χ0n) is 19.5. The number of likely N-dealkylation sites (N-methyl/N-ethyl adjacent to an activating group) is 1. The Hall–Kier alpha value is -4.17. The molecule has 0 spiro atoms. The lowest BCUT2D eigenvalue weighted by Crippen LogP contribution is -2.18. The second-order valence-corrected chi connectivity index (χ2v) is 8.62. The summed E-state index contributed by atoms with van der Waals surface area (Å²) in [6.07, 6.45) is 9.75. The minimum absolute atomic E-state index is 0.109. The van der Waals surface area contributed by atoms with E-state index in [1.807, 2.05) is 63.0 Å². The predicted molar refractivity (Wildman–Crippen MR) is 134 cm³/mol. The van der Waals surface area contributed by atoms with Crippen molar-refractivity contribution in [2.45, 2.75) is 13.5 Å². The van der Waals surface area contributed by atoms with Gasteiger partial charge in [0.2, 0.25) is 5.91 Å². The third kappa shape index (κ3) is 4.49. The average molecular weight is 454 g/mol. The quantitative estimate of drug-likeness (QED) is 0.401. The lowest BCUT2D eigenvalue weighted by atomic mass is 10.1. The molecule has 3 aromatic heterocycles. The number of nitrogens with one attached hydrogen (secondary N) is 1. The molecule has 0 saturated carbocycles. The molecule has 0 aliphatic carbocycles. The van der Waals surface area contributed by atoms with Crippen LogP contribution < -0.4 is 5.32 Å². The third-order valence-corrected chi connectivity index (χ3v) is 5.69. The number of amides is 1. The van der Waals surface area contributed by atoms with Crippen LogP contribution in [0.5, 0.6) is 0 Å². The number of hydrogen-bond acceptors (Lipinski definition) is 4. The summed E-state index contributed by atoms with van der Waals surface area (Å²) in [5, 5.41) is 7.40. The molecule has 0 unspecified atom stereocenters. The van der Waals surface area contributed by atoms with Gasteiger partial charge in [-0.2, -0.15) is 5.10 Å². The zero-order valence-corrected chi connectivity index (χ0v) is 19.5. The van der Waals surface area contributed by atoms with E-state index in [9.17, 15) is 4.79 Å². The summed E-state index contributed by atoms with van der Waals surface area (Å²) in [6.45, 7) is 3.30. The Balaban J connectivity index is 1.50. The van der Waals surface area contributed by atoms with Gasteiger partial charge in [0.15, 0.2) is 0 Å². The molecule has 8 heteroatoms. The standard InChI is InChI=1S/C26H27N7O/c1-19(34)29-22-13-23(31-8-4-5-9-31)15-24(14-22)33-18-27-25-12-20(6-7-26(25)33)21-16-28-32(17-21)11-10-30(2)3/h4-9,12-18H,10-11H2,1-3H3,(H,29,34). The Kier molecular flexibility index (Phi) is 5.73. The van der Waals surface area contributed by atoms with E-state index in [4.69, 9.17) is 0 Å². The van der Waals surface area contributed by atoms with Crippen LogP contribution in [0.3, 0.4) is 0 Å². The first-order valence-electron chi connectivity index (χ1n) is 11.2. The molecule has 5 aromatic rings. The van der Waals surface area contributed by atoms with Crippen LogP contribution in [-0.4, -0.2) is 55.3 Å². The molecule has 0 aliphatic rings. The topological polar surface area (TPSA) is 72.9 Å². The van der Waals surface area contributed by atoms with Crippen LogP contribution in [0.2, 0.25) is 0 Å². The van der Waals surface area contributed by atoms with Crippen LogP contribution in [0.25, 0.3) is 33.5 Å². The fraction of sp³-hybridized carbons (Fsp3) is 0.192. The van der Waals surface area contributed by atoms with Gasteiger partial charge in [0.1, 0.15) is 6.33 Å². The molecule has 1 N–H and O–H groups in total. The Morgan fingerprint density at radius 1 is 1.03 bits per heavy atom. The Morgan fingerprint density at radius 3 is 2.59 bits per heavy atom. The van der Waals surface area contributed by atoms with Crippen molar-refractivity contribution in [1.29, 1.82) is 0 Å².